The Morgan fingerprint density at radius 3 is 2.05 bits per heavy atom. The van der Waals surface area contributed by atoms with E-state index in [-0.39, 0.29) is 16.9 Å². The van der Waals surface area contributed by atoms with Gasteiger partial charge in [0.2, 0.25) is 0 Å². The number of carbonyl (C=O) groups excluding carboxylic acids is 1. The molecule has 0 unspecified atom stereocenters. The standard InChI is InChI=1S/C35H41N5O4/c1-35(2,3)25-20-30(32(44-5)31(21-25)38-34(42)43)37-33(41)36-29-15-14-26(27-8-6-7-9-28(27)29)24-12-10-23(11-13-24)22-40-18-16-39(4)17-19-40/h6-15,20-21,38H,16-19,22H2,1-5H3,(H,42,43)(H2,36,37,41). The molecule has 0 aliphatic carbocycles. The van der Waals surface area contributed by atoms with E-state index >= 15 is 0 Å². The summed E-state index contributed by atoms with van der Waals surface area (Å²) in [5, 5.41) is 19.6. The van der Waals surface area contributed by atoms with Gasteiger partial charge in [-0.1, -0.05) is 75.4 Å². The van der Waals surface area contributed by atoms with Crippen molar-refractivity contribution < 1.29 is 19.4 Å². The number of piperazine rings is 1. The highest BCUT2D eigenvalue weighted by molar-refractivity contribution is 6.10. The number of methoxy groups -OCH3 is 1. The first-order valence-corrected chi connectivity index (χ1v) is 14.8. The van der Waals surface area contributed by atoms with E-state index in [4.69, 9.17) is 4.74 Å². The number of carboxylic acid groups (broad SMARTS) is 1. The van der Waals surface area contributed by atoms with Crippen LogP contribution in [0.2, 0.25) is 0 Å². The third kappa shape index (κ3) is 7.12. The summed E-state index contributed by atoms with van der Waals surface area (Å²) in [6, 6.07) is 23.8. The van der Waals surface area contributed by atoms with E-state index in [2.05, 4.69) is 63.1 Å². The molecule has 9 nitrogen and oxygen atoms in total. The van der Waals surface area contributed by atoms with Crippen molar-refractivity contribution in [3.05, 3.63) is 83.9 Å². The lowest BCUT2D eigenvalue weighted by molar-refractivity contribution is 0.148. The fourth-order valence-electron chi connectivity index (χ4n) is 5.57. The Hall–Kier alpha value is -4.60. The molecule has 0 bridgehead atoms. The van der Waals surface area contributed by atoms with Gasteiger partial charge in [-0.15, -0.1) is 0 Å². The number of nitrogens with zero attached hydrogens (tertiary/aromatic N) is 2. The van der Waals surface area contributed by atoms with E-state index in [9.17, 15) is 14.7 Å². The van der Waals surface area contributed by atoms with Crippen LogP contribution in [0.4, 0.5) is 26.7 Å². The monoisotopic (exact) mass is 595 g/mol. The second kappa shape index (κ2) is 13.0. The minimum atomic E-state index is -1.22. The molecular weight excluding hydrogens is 554 g/mol. The number of fused-ring (bicyclic) bond motifs is 1. The second-order valence-electron chi connectivity index (χ2n) is 12.3. The van der Waals surface area contributed by atoms with Gasteiger partial charge in [0.1, 0.15) is 0 Å². The molecule has 3 amide bonds. The smallest absolute Gasteiger partial charge is 0.409 e. The molecule has 1 fully saturated rings. The molecule has 1 saturated heterocycles. The van der Waals surface area contributed by atoms with Crippen molar-refractivity contribution in [2.45, 2.75) is 32.7 Å². The fourth-order valence-corrected chi connectivity index (χ4v) is 5.57. The largest absolute Gasteiger partial charge is 0.492 e. The van der Waals surface area contributed by atoms with Gasteiger partial charge in [-0.05, 0) is 58.3 Å². The lowest BCUT2D eigenvalue weighted by atomic mass is 9.86. The zero-order valence-electron chi connectivity index (χ0n) is 26.0. The summed E-state index contributed by atoms with van der Waals surface area (Å²) in [6.07, 6.45) is -1.22. The van der Waals surface area contributed by atoms with Crippen LogP contribution in [0.15, 0.2) is 72.8 Å². The molecule has 0 saturated carbocycles. The summed E-state index contributed by atoms with van der Waals surface area (Å²) >= 11 is 0. The molecule has 4 N–H and O–H groups in total. The third-order valence-electron chi connectivity index (χ3n) is 8.09. The molecule has 0 spiro atoms. The molecule has 1 aliphatic heterocycles. The second-order valence-corrected chi connectivity index (χ2v) is 12.3. The normalized spacial score (nSPS) is 14.3. The van der Waals surface area contributed by atoms with Crippen molar-refractivity contribution in [2.75, 3.05) is 56.3 Å². The number of urea groups is 1. The predicted octanol–water partition coefficient (Wildman–Crippen LogP) is 7.29. The van der Waals surface area contributed by atoms with Crippen LogP contribution in [0.5, 0.6) is 5.75 Å². The highest BCUT2D eigenvalue weighted by atomic mass is 16.5. The molecule has 0 aromatic heterocycles. The minimum Gasteiger partial charge on any atom is -0.492 e. The van der Waals surface area contributed by atoms with E-state index in [1.54, 1.807) is 12.1 Å². The predicted molar refractivity (Wildman–Crippen MR) is 178 cm³/mol. The third-order valence-corrected chi connectivity index (χ3v) is 8.09. The Bertz CT molecular complexity index is 1650. The van der Waals surface area contributed by atoms with Gasteiger partial charge in [-0.25, -0.2) is 9.59 Å². The van der Waals surface area contributed by atoms with Crippen LogP contribution < -0.4 is 20.7 Å². The van der Waals surface area contributed by atoms with Crippen molar-refractivity contribution in [1.29, 1.82) is 0 Å². The van der Waals surface area contributed by atoms with Gasteiger partial charge in [0.25, 0.3) is 0 Å². The molecule has 44 heavy (non-hydrogen) atoms. The van der Waals surface area contributed by atoms with Crippen molar-refractivity contribution in [3.8, 4) is 16.9 Å². The van der Waals surface area contributed by atoms with Gasteiger partial charge in [0.05, 0.1) is 24.2 Å². The van der Waals surface area contributed by atoms with E-state index < -0.39 is 12.1 Å². The number of nitrogens with one attached hydrogen (secondary N) is 3. The van der Waals surface area contributed by atoms with Crippen LogP contribution in [0.25, 0.3) is 21.9 Å². The highest BCUT2D eigenvalue weighted by Gasteiger charge is 2.22. The quantitative estimate of drug-likeness (QED) is 0.179. The maximum Gasteiger partial charge on any atom is 0.409 e. The van der Waals surface area contributed by atoms with Gasteiger partial charge in [0.15, 0.2) is 5.75 Å². The lowest BCUT2D eigenvalue weighted by Gasteiger charge is -2.32. The molecule has 230 valence electrons. The summed E-state index contributed by atoms with van der Waals surface area (Å²) in [5.74, 6) is 0.229. The summed E-state index contributed by atoms with van der Waals surface area (Å²) in [7, 11) is 3.61. The molecule has 0 radical (unpaired) electrons. The van der Waals surface area contributed by atoms with Crippen molar-refractivity contribution in [1.82, 2.24) is 9.80 Å². The number of hydrogen-bond donors (Lipinski definition) is 4. The van der Waals surface area contributed by atoms with Crippen molar-refractivity contribution >= 4 is 40.0 Å². The molecule has 4 aromatic rings. The maximum absolute atomic E-state index is 13.3. The van der Waals surface area contributed by atoms with Gasteiger partial charge in [0, 0.05) is 38.1 Å². The topological polar surface area (TPSA) is 106 Å². The first-order chi connectivity index (χ1) is 21.0. The van der Waals surface area contributed by atoms with Crippen LogP contribution >= 0.6 is 0 Å². The van der Waals surface area contributed by atoms with E-state index in [0.29, 0.717) is 11.4 Å². The zero-order chi connectivity index (χ0) is 31.4. The van der Waals surface area contributed by atoms with Crippen LogP contribution in [0, 0.1) is 0 Å². The minimum absolute atomic E-state index is 0.229. The van der Waals surface area contributed by atoms with Gasteiger partial charge >= 0.3 is 12.1 Å². The van der Waals surface area contributed by atoms with Crippen LogP contribution in [-0.2, 0) is 12.0 Å². The lowest BCUT2D eigenvalue weighted by Crippen LogP contribution is -2.43. The molecule has 5 rings (SSSR count). The van der Waals surface area contributed by atoms with Crippen LogP contribution in [0.1, 0.15) is 31.9 Å². The number of amides is 3. The van der Waals surface area contributed by atoms with Crippen molar-refractivity contribution in [2.24, 2.45) is 0 Å². The summed E-state index contributed by atoms with van der Waals surface area (Å²) in [6.45, 7) is 11.4. The van der Waals surface area contributed by atoms with Crippen molar-refractivity contribution in [3.63, 3.8) is 0 Å². The number of hydrogen-bond acceptors (Lipinski definition) is 5. The number of carbonyl (C=O) groups is 2. The van der Waals surface area contributed by atoms with Gasteiger partial charge in [-0.2, -0.15) is 0 Å². The summed E-state index contributed by atoms with van der Waals surface area (Å²) in [4.78, 5) is 29.7. The molecule has 4 aromatic carbocycles. The SMILES string of the molecule is COc1c(NC(=O)O)cc(C(C)(C)C)cc1NC(=O)Nc1ccc(-c2ccc(CN3CCN(C)CC3)cc2)c2ccccc12. The van der Waals surface area contributed by atoms with E-state index in [0.717, 1.165) is 60.2 Å². The van der Waals surface area contributed by atoms with E-state index in [1.807, 2.05) is 51.1 Å². The first-order valence-electron chi connectivity index (χ1n) is 14.8. The van der Waals surface area contributed by atoms with E-state index in [1.165, 1.54) is 12.7 Å². The van der Waals surface area contributed by atoms with Gasteiger partial charge in [-0.3, -0.25) is 10.2 Å². The van der Waals surface area contributed by atoms with Gasteiger partial charge < -0.3 is 25.4 Å². The van der Waals surface area contributed by atoms with Crippen LogP contribution in [0.3, 0.4) is 0 Å². The molecular formula is C35H41N5O4. The average molecular weight is 596 g/mol. The molecule has 1 heterocycles. The Labute approximate surface area is 258 Å². The Morgan fingerprint density at radius 2 is 1.43 bits per heavy atom. The fraction of sp³-hybridized carbons (Fsp3) is 0.314. The molecule has 0 atom stereocenters. The average Bonchev–Trinajstić information content (AvgIpc) is 2.98. The maximum atomic E-state index is 13.3. The Morgan fingerprint density at radius 1 is 0.818 bits per heavy atom. The summed E-state index contributed by atoms with van der Waals surface area (Å²) in [5.41, 5.74) is 5.30. The first kappa shape index (κ1) is 30.8. The zero-order valence-corrected chi connectivity index (χ0v) is 26.0. The summed E-state index contributed by atoms with van der Waals surface area (Å²) < 4.78 is 5.51. The number of anilines is 3. The Kier molecular flexibility index (Phi) is 9.08. The number of likely N-dealkylation sites (N-methyl/N-ethyl adjacent to an activating group) is 1. The Balaban J connectivity index is 1.38. The number of ether oxygens (including phenoxy) is 1. The molecule has 1 aliphatic rings. The number of benzene rings is 4. The highest BCUT2D eigenvalue weighted by Crippen LogP contribution is 2.39. The molecule has 9 heteroatoms. The van der Waals surface area contributed by atoms with Crippen LogP contribution in [-0.4, -0.2) is 67.4 Å². The number of rotatable bonds is 7.